The van der Waals surface area contributed by atoms with Crippen LogP contribution >= 0.6 is 0 Å². The van der Waals surface area contributed by atoms with E-state index in [-0.39, 0.29) is 6.54 Å². The van der Waals surface area contributed by atoms with Crippen LogP contribution in [-0.4, -0.2) is 45.1 Å². The molecule has 0 radical (unpaired) electrons. The second kappa shape index (κ2) is 8.82. The zero-order valence-corrected chi connectivity index (χ0v) is 16.0. The highest BCUT2D eigenvalue weighted by atomic mass is 32.2. The van der Waals surface area contributed by atoms with Crippen molar-refractivity contribution in [1.29, 1.82) is 0 Å². The Morgan fingerprint density at radius 2 is 1.73 bits per heavy atom. The molecule has 0 heterocycles. The van der Waals surface area contributed by atoms with Gasteiger partial charge in [-0.05, 0) is 24.6 Å². The van der Waals surface area contributed by atoms with Crippen LogP contribution in [0.15, 0.2) is 54.6 Å². The van der Waals surface area contributed by atoms with Crippen LogP contribution in [0.25, 0.3) is 0 Å². The number of hydrogen-bond donors (Lipinski definition) is 1. The fraction of sp³-hybridized carbons (Fsp3) is 0.316. The Balaban J connectivity index is 1.99. The van der Waals surface area contributed by atoms with Crippen molar-refractivity contribution in [2.45, 2.75) is 13.0 Å². The van der Waals surface area contributed by atoms with Gasteiger partial charge in [-0.1, -0.05) is 48.0 Å². The number of amides is 1. The molecule has 6 nitrogen and oxygen atoms in total. The highest BCUT2D eigenvalue weighted by Crippen LogP contribution is 2.21. The zero-order valence-electron chi connectivity index (χ0n) is 15.2. The molecule has 2 aromatic rings. The van der Waals surface area contributed by atoms with Gasteiger partial charge in [-0.3, -0.25) is 4.79 Å². The highest BCUT2D eigenvalue weighted by Gasteiger charge is 2.30. The summed E-state index contributed by atoms with van der Waals surface area (Å²) in [6, 6.07) is 15.5. The van der Waals surface area contributed by atoms with E-state index in [0.29, 0.717) is 12.2 Å². The van der Waals surface area contributed by atoms with Crippen molar-refractivity contribution in [3.63, 3.8) is 0 Å². The second-order valence-electron chi connectivity index (χ2n) is 6.04. The summed E-state index contributed by atoms with van der Waals surface area (Å²) in [6.07, 6.45) is 1.08. The average molecular weight is 376 g/mol. The van der Waals surface area contributed by atoms with Crippen molar-refractivity contribution in [2.24, 2.45) is 0 Å². The standard InChI is InChI=1S/C19H24N2O4S/c1-15-9-11-17(12-10-15)25-14-13-20-19(22)18(21(2)26(3,23)24)16-7-5-4-6-8-16/h4-12,18H,13-14H2,1-3H3,(H,20,22)/t18-/m0/s1. The molecule has 7 heteroatoms. The third kappa shape index (κ3) is 5.57. The van der Waals surface area contributed by atoms with Crippen molar-refractivity contribution in [2.75, 3.05) is 26.5 Å². The number of sulfonamides is 1. The maximum Gasteiger partial charge on any atom is 0.243 e. The lowest BCUT2D eigenvalue weighted by Crippen LogP contribution is -2.42. The van der Waals surface area contributed by atoms with Gasteiger partial charge in [0.1, 0.15) is 18.4 Å². The molecule has 1 amide bonds. The van der Waals surface area contributed by atoms with Crippen molar-refractivity contribution < 1.29 is 17.9 Å². The molecule has 0 spiro atoms. The highest BCUT2D eigenvalue weighted by molar-refractivity contribution is 7.88. The summed E-state index contributed by atoms with van der Waals surface area (Å²) in [5.41, 5.74) is 1.75. The molecule has 1 N–H and O–H groups in total. The van der Waals surface area contributed by atoms with Gasteiger partial charge in [-0.15, -0.1) is 0 Å². The Bertz CT molecular complexity index is 820. The van der Waals surface area contributed by atoms with Crippen LogP contribution in [0, 0.1) is 6.92 Å². The normalized spacial score (nSPS) is 12.6. The van der Waals surface area contributed by atoms with Gasteiger partial charge < -0.3 is 10.1 Å². The third-order valence-corrected chi connectivity index (χ3v) is 5.20. The van der Waals surface area contributed by atoms with Crippen molar-refractivity contribution >= 4 is 15.9 Å². The van der Waals surface area contributed by atoms with Gasteiger partial charge in [0.2, 0.25) is 15.9 Å². The first-order valence-electron chi connectivity index (χ1n) is 8.24. The number of carbonyl (C=O) groups is 1. The minimum absolute atomic E-state index is 0.271. The molecule has 2 aromatic carbocycles. The van der Waals surface area contributed by atoms with E-state index in [4.69, 9.17) is 4.74 Å². The molecule has 140 valence electrons. The van der Waals surface area contributed by atoms with Gasteiger partial charge in [0, 0.05) is 7.05 Å². The predicted octanol–water partition coefficient (Wildman–Crippen LogP) is 2.12. The minimum atomic E-state index is -3.53. The van der Waals surface area contributed by atoms with Gasteiger partial charge in [0.15, 0.2) is 0 Å². The lowest BCUT2D eigenvalue weighted by molar-refractivity contribution is -0.124. The predicted molar refractivity (Wildman–Crippen MR) is 101 cm³/mol. The van der Waals surface area contributed by atoms with Gasteiger partial charge >= 0.3 is 0 Å². The topological polar surface area (TPSA) is 75.7 Å². The number of aryl methyl sites for hydroxylation is 1. The minimum Gasteiger partial charge on any atom is -0.492 e. The van der Waals surface area contributed by atoms with E-state index >= 15 is 0 Å². The molecule has 0 saturated heterocycles. The number of hydrogen-bond acceptors (Lipinski definition) is 4. The molecule has 0 unspecified atom stereocenters. The quantitative estimate of drug-likeness (QED) is 0.716. The summed E-state index contributed by atoms with van der Waals surface area (Å²) in [7, 11) is -2.13. The Morgan fingerprint density at radius 1 is 1.12 bits per heavy atom. The fourth-order valence-corrected chi connectivity index (χ4v) is 3.03. The fourth-order valence-electron chi connectivity index (χ4n) is 2.43. The summed E-state index contributed by atoms with van der Waals surface area (Å²) >= 11 is 0. The molecule has 0 bridgehead atoms. The molecule has 0 aliphatic rings. The molecule has 0 aromatic heterocycles. The Labute approximate surface area is 154 Å². The van der Waals surface area contributed by atoms with Crippen LogP contribution in [0.2, 0.25) is 0 Å². The molecule has 0 saturated carbocycles. The second-order valence-corrected chi connectivity index (χ2v) is 8.09. The summed E-state index contributed by atoms with van der Waals surface area (Å²) in [5, 5.41) is 2.75. The first-order chi connectivity index (χ1) is 12.3. The third-order valence-electron chi connectivity index (χ3n) is 3.94. The largest absolute Gasteiger partial charge is 0.492 e. The lowest BCUT2D eigenvalue weighted by atomic mass is 10.1. The summed E-state index contributed by atoms with van der Waals surface area (Å²) in [4.78, 5) is 12.6. The summed E-state index contributed by atoms with van der Waals surface area (Å²) in [6.45, 7) is 2.55. The van der Waals surface area contributed by atoms with Crippen LogP contribution in [0.3, 0.4) is 0 Å². The van der Waals surface area contributed by atoms with Gasteiger partial charge in [-0.2, -0.15) is 4.31 Å². The van der Waals surface area contributed by atoms with Crippen LogP contribution in [0.4, 0.5) is 0 Å². The number of likely N-dealkylation sites (N-methyl/N-ethyl adjacent to an activating group) is 1. The summed E-state index contributed by atoms with van der Waals surface area (Å²) in [5.74, 6) is 0.328. The lowest BCUT2D eigenvalue weighted by Gasteiger charge is -2.25. The molecule has 0 aliphatic carbocycles. The Morgan fingerprint density at radius 3 is 2.31 bits per heavy atom. The molecule has 26 heavy (non-hydrogen) atoms. The summed E-state index contributed by atoms with van der Waals surface area (Å²) < 4.78 is 30.5. The van der Waals surface area contributed by atoms with Crippen molar-refractivity contribution in [1.82, 2.24) is 9.62 Å². The van der Waals surface area contributed by atoms with Crippen LogP contribution in [0.5, 0.6) is 5.75 Å². The van der Waals surface area contributed by atoms with E-state index in [0.717, 1.165) is 21.9 Å². The molecule has 1 atom stereocenters. The van der Waals surface area contributed by atoms with Gasteiger partial charge in [-0.25, -0.2) is 8.42 Å². The number of rotatable bonds is 8. The maximum atomic E-state index is 12.6. The van der Waals surface area contributed by atoms with Crippen LogP contribution < -0.4 is 10.1 Å². The maximum absolute atomic E-state index is 12.6. The smallest absolute Gasteiger partial charge is 0.243 e. The SMILES string of the molecule is Cc1ccc(OCCNC(=O)[C@H](c2ccccc2)N(C)S(C)(=O)=O)cc1. The molecular formula is C19H24N2O4S. The molecular weight excluding hydrogens is 352 g/mol. The first-order valence-corrected chi connectivity index (χ1v) is 10.1. The molecule has 2 rings (SSSR count). The molecule has 0 aliphatic heterocycles. The monoisotopic (exact) mass is 376 g/mol. The molecule has 0 fully saturated rings. The number of ether oxygens (including phenoxy) is 1. The average Bonchev–Trinajstić information content (AvgIpc) is 2.60. The Hall–Kier alpha value is -2.38. The van der Waals surface area contributed by atoms with Crippen molar-refractivity contribution in [3.8, 4) is 5.75 Å². The van der Waals surface area contributed by atoms with E-state index in [9.17, 15) is 13.2 Å². The van der Waals surface area contributed by atoms with E-state index in [2.05, 4.69) is 5.32 Å². The number of nitrogens with zero attached hydrogens (tertiary/aromatic N) is 1. The van der Waals surface area contributed by atoms with Crippen LogP contribution in [-0.2, 0) is 14.8 Å². The number of nitrogens with one attached hydrogen (secondary N) is 1. The van der Waals surface area contributed by atoms with Crippen LogP contribution in [0.1, 0.15) is 17.2 Å². The van der Waals surface area contributed by atoms with Gasteiger partial charge in [0.05, 0.1) is 12.8 Å². The van der Waals surface area contributed by atoms with Crippen molar-refractivity contribution in [3.05, 3.63) is 65.7 Å². The zero-order chi connectivity index (χ0) is 19.2. The Kier molecular flexibility index (Phi) is 6.76. The van der Waals surface area contributed by atoms with E-state index < -0.39 is 22.0 Å². The van der Waals surface area contributed by atoms with E-state index in [1.54, 1.807) is 24.3 Å². The van der Waals surface area contributed by atoms with E-state index in [1.165, 1.54) is 7.05 Å². The number of carbonyl (C=O) groups excluding carboxylic acids is 1. The van der Waals surface area contributed by atoms with E-state index in [1.807, 2.05) is 37.3 Å². The number of benzene rings is 2. The van der Waals surface area contributed by atoms with Gasteiger partial charge in [0.25, 0.3) is 0 Å². The first kappa shape index (κ1) is 19.9.